The minimum atomic E-state index is -0.254. The molecule has 7 heteroatoms. The number of carbonyl (C=O) groups excluding carboxylic acids is 1. The van der Waals surface area contributed by atoms with E-state index in [1.54, 1.807) is 18.3 Å². The molecule has 0 atom stereocenters. The first-order valence-corrected chi connectivity index (χ1v) is 10.7. The molecule has 31 heavy (non-hydrogen) atoms. The van der Waals surface area contributed by atoms with Crippen LogP contribution in [0.15, 0.2) is 59.5 Å². The summed E-state index contributed by atoms with van der Waals surface area (Å²) in [4.78, 5) is 29.6. The van der Waals surface area contributed by atoms with Crippen LogP contribution in [0.2, 0.25) is 0 Å². The highest BCUT2D eigenvalue weighted by Crippen LogP contribution is 2.18. The summed E-state index contributed by atoms with van der Waals surface area (Å²) in [7, 11) is 0. The van der Waals surface area contributed by atoms with E-state index in [1.807, 2.05) is 30.3 Å². The third-order valence-electron chi connectivity index (χ3n) is 5.24. The number of rotatable bonds is 8. The molecular weight excluding hydrogens is 390 g/mol. The molecule has 7 nitrogen and oxygen atoms in total. The lowest BCUT2D eigenvalue weighted by molar-refractivity contribution is -0.121. The number of carbonyl (C=O) groups is 1. The number of aryl methyl sites for hydroxylation is 1. The van der Waals surface area contributed by atoms with Gasteiger partial charge in [-0.15, -0.1) is 0 Å². The molecule has 1 N–H and O–H groups in total. The first-order valence-electron chi connectivity index (χ1n) is 10.7. The number of amides is 1. The van der Waals surface area contributed by atoms with Crippen LogP contribution in [0.25, 0.3) is 21.8 Å². The first-order chi connectivity index (χ1) is 15.0. The zero-order chi connectivity index (χ0) is 21.8. The van der Waals surface area contributed by atoms with Crippen LogP contribution in [0.5, 0.6) is 0 Å². The molecule has 4 rings (SSSR count). The van der Waals surface area contributed by atoms with Crippen molar-refractivity contribution in [3.05, 3.63) is 70.9 Å². The molecule has 160 valence electrons. The Morgan fingerprint density at radius 1 is 1.10 bits per heavy atom. The van der Waals surface area contributed by atoms with E-state index in [-0.39, 0.29) is 18.0 Å². The van der Waals surface area contributed by atoms with Crippen molar-refractivity contribution < 1.29 is 4.79 Å². The summed E-state index contributed by atoms with van der Waals surface area (Å²) in [6, 6.07) is 15.4. The summed E-state index contributed by atoms with van der Waals surface area (Å²) >= 11 is 0. The van der Waals surface area contributed by atoms with Gasteiger partial charge in [0.05, 0.1) is 22.6 Å². The molecule has 0 unspecified atom stereocenters. The van der Waals surface area contributed by atoms with Gasteiger partial charge in [-0.25, -0.2) is 9.67 Å². The van der Waals surface area contributed by atoms with E-state index in [0.717, 1.165) is 41.6 Å². The minimum absolute atomic E-state index is 0.0878. The van der Waals surface area contributed by atoms with Crippen LogP contribution < -0.4 is 10.9 Å². The van der Waals surface area contributed by atoms with Crippen LogP contribution in [-0.4, -0.2) is 31.8 Å². The maximum Gasteiger partial charge on any atom is 0.275 e. The van der Waals surface area contributed by atoms with Gasteiger partial charge in [0.15, 0.2) is 0 Å². The molecule has 0 radical (unpaired) electrons. The lowest BCUT2D eigenvalue weighted by atomic mass is 10.2. The van der Waals surface area contributed by atoms with E-state index < -0.39 is 0 Å². The SMILES string of the molecule is CC(C)Cn1c(CCCNC(=O)Cn2ncc3ccccc3c2=O)nc2ccccc21. The normalized spacial score (nSPS) is 11.5. The van der Waals surface area contributed by atoms with Gasteiger partial charge in [-0.1, -0.05) is 44.2 Å². The van der Waals surface area contributed by atoms with Gasteiger partial charge in [0.2, 0.25) is 5.91 Å². The quantitative estimate of drug-likeness (QED) is 0.447. The largest absolute Gasteiger partial charge is 0.354 e. The van der Waals surface area contributed by atoms with Crippen LogP contribution >= 0.6 is 0 Å². The molecule has 2 aromatic heterocycles. The number of aromatic nitrogens is 4. The third kappa shape index (κ3) is 4.66. The van der Waals surface area contributed by atoms with Crippen LogP contribution in [-0.2, 0) is 24.3 Å². The predicted molar refractivity (Wildman–Crippen MR) is 122 cm³/mol. The van der Waals surface area contributed by atoms with Crippen molar-refractivity contribution in [1.29, 1.82) is 0 Å². The standard InChI is InChI=1S/C24H27N5O2/c1-17(2)15-28-21-11-6-5-10-20(21)27-22(28)12-7-13-25-23(30)16-29-24(31)19-9-4-3-8-18(19)14-26-29/h3-6,8-11,14,17H,7,12-13,15-16H2,1-2H3,(H,25,30). The van der Waals surface area contributed by atoms with Gasteiger partial charge in [-0.05, 0) is 30.5 Å². The molecule has 1 amide bonds. The molecule has 2 heterocycles. The Morgan fingerprint density at radius 3 is 2.71 bits per heavy atom. The molecule has 0 aliphatic heterocycles. The van der Waals surface area contributed by atoms with Gasteiger partial charge in [-0.2, -0.15) is 5.10 Å². The number of hydrogen-bond acceptors (Lipinski definition) is 4. The second kappa shape index (κ2) is 9.12. The van der Waals surface area contributed by atoms with Gasteiger partial charge >= 0.3 is 0 Å². The lowest BCUT2D eigenvalue weighted by Crippen LogP contribution is -2.34. The van der Waals surface area contributed by atoms with E-state index in [1.165, 1.54) is 4.68 Å². The number of hydrogen-bond donors (Lipinski definition) is 1. The Hall–Kier alpha value is -3.48. The highest BCUT2D eigenvalue weighted by atomic mass is 16.2. The van der Waals surface area contributed by atoms with Crippen molar-refractivity contribution in [2.45, 2.75) is 39.8 Å². The third-order valence-corrected chi connectivity index (χ3v) is 5.24. The maximum absolute atomic E-state index is 12.5. The van der Waals surface area contributed by atoms with Gasteiger partial charge in [0.25, 0.3) is 5.56 Å². The van der Waals surface area contributed by atoms with Crippen molar-refractivity contribution in [1.82, 2.24) is 24.6 Å². The topological polar surface area (TPSA) is 81.8 Å². The fraction of sp³-hybridized carbons (Fsp3) is 0.333. The van der Waals surface area contributed by atoms with Gasteiger partial charge in [-0.3, -0.25) is 9.59 Å². The highest BCUT2D eigenvalue weighted by molar-refractivity contribution is 5.81. The first kappa shape index (κ1) is 20.8. The van der Waals surface area contributed by atoms with Crippen LogP contribution in [0, 0.1) is 5.92 Å². The van der Waals surface area contributed by atoms with Crippen molar-refractivity contribution in [2.24, 2.45) is 5.92 Å². The van der Waals surface area contributed by atoms with Crippen LogP contribution in [0.4, 0.5) is 0 Å². The molecular formula is C24H27N5O2. The maximum atomic E-state index is 12.5. The van der Waals surface area contributed by atoms with Crippen LogP contribution in [0.3, 0.4) is 0 Å². The van der Waals surface area contributed by atoms with E-state index in [0.29, 0.717) is 17.8 Å². The molecule has 0 aliphatic carbocycles. The summed E-state index contributed by atoms with van der Waals surface area (Å²) in [6.07, 6.45) is 3.16. The average Bonchev–Trinajstić information content (AvgIpc) is 3.10. The Morgan fingerprint density at radius 2 is 1.87 bits per heavy atom. The van der Waals surface area contributed by atoms with Crippen LogP contribution in [0.1, 0.15) is 26.1 Å². The molecule has 0 saturated carbocycles. The summed E-state index contributed by atoms with van der Waals surface area (Å²) in [6.45, 7) is 5.74. The van der Waals surface area contributed by atoms with Crippen molar-refractivity contribution in [2.75, 3.05) is 6.54 Å². The van der Waals surface area contributed by atoms with Gasteiger partial charge in [0.1, 0.15) is 12.4 Å². The lowest BCUT2D eigenvalue weighted by Gasteiger charge is -2.12. The minimum Gasteiger partial charge on any atom is -0.354 e. The highest BCUT2D eigenvalue weighted by Gasteiger charge is 2.12. The predicted octanol–water partition coefficient (Wildman–Crippen LogP) is 3.15. The number of para-hydroxylation sites is 2. The number of nitrogens with zero attached hydrogens (tertiary/aromatic N) is 4. The van der Waals surface area contributed by atoms with E-state index in [2.05, 4.69) is 34.9 Å². The smallest absolute Gasteiger partial charge is 0.275 e. The second-order valence-corrected chi connectivity index (χ2v) is 8.17. The summed E-state index contributed by atoms with van der Waals surface area (Å²) in [5, 5.41) is 8.35. The monoisotopic (exact) mass is 417 g/mol. The van der Waals surface area contributed by atoms with E-state index in [4.69, 9.17) is 4.98 Å². The number of nitrogens with one attached hydrogen (secondary N) is 1. The fourth-order valence-electron chi connectivity index (χ4n) is 3.79. The molecule has 0 bridgehead atoms. The van der Waals surface area contributed by atoms with E-state index >= 15 is 0 Å². The Labute approximate surface area is 180 Å². The zero-order valence-corrected chi connectivity index (χ0v) is 17.9. The van der Waals surface area contributed by atoms with Gasteiger partial charge < -0.3 is 9.88 Å². The Balaban J connectivity index is 1.36. The molecule has 0 spiro atoms. The van der Waals surface area contributed by atoms with Crippen molar-refractivity contribution in [3.8, 4) is 0 Å². The summed E-state index contributed by atoms with van der Waals surface area (Å²) < 4.78 is 3.49. The Bertz CT molecular complexity index is 1270. The zero-order valence-electron chi connectivity index (χ0n) is 17.9. The number of benzene rings is 2. The number of fused-ring (bicyclic) bond motifs is 2. The molecule has 4 aromatic rings. The second-order valence-electron chi connectivity index (χ2n) is 8.17. The molecule has 0 fully saturated rings. The fourth-order valence-corrected chi connectivity index (χ4v) is 3.79. The summed E-state index contributed by atoms with van der Waals surface area (Å²) in [5.74, 6) is 1.33. The van der Waals surface area contributed by atoms with E-state index in [9.17, 15) is 9.59 Å². The number of imidazole rings is 1. The van der Waals surface area contributed by atoms with Gasteiger partial charge in [0, 0.05) is 24.9 Å². The molecule has 2 aromatic carbocycles. The van der Waals surface area contributed by atoms with Crippen molar-refractivity contribution in [3.63, 3.8) is 0 Å². The summed E-state index contributed by atoms with van der Waals surface area (Å²) in [5.41, 5.74) is 1.90. The average molecular weight is 418 g/mol. The van der Waals surface area contributed by atoms with Crippen molar-refractivity contribution >= 4 is 27.7 Å². The molecule has 0 saturated heterocycles. The molecule has 0 aliphatic rings. The Kier molecular flexibility index (Phi) is 6.11.